The minimum atomic E-state index is 0. The summed E-state index contributed by atoms with van der Waals surface area (Å²) in [5.41, 5.74) is 2.52. The Bertz CT molecular complexity index is 254. The smallest absolute Gasteiger partial charge is 0.165 e. The fourth-order valence-corrected chi connectivity index (χ4v) is 1.12. The van der Waals surface area contributed by atoms with Gasteiger partial charge in [0.15, 0.2) is 5.75 Å². The van der Waals surface area contributed by atoms with Gasteiger partial charge >= 0.3 is 0 Å². The van der Waals surface area contributed by atoms with E-state index >= 15 is 0 Å². The highest BCUT2D eigenvalue weighted by Crippen LogP contribution is 2.26. The molecular weight excluding hydrogens is 220 g/mol. The number of benzene rings is 1. The number of hydroxylamine groups is 1. The molecule has 0 atom stereocenters. The summed E-state index contributed by atoms with van der Waals surface area (Å²) >= 11 is 11.4. The molecule has 0 saturated heterocycles. The van der Waals surface area contributed by atoms with Gasteiger partial charge in [-0.05, 0) is 18.2 Å². The summed E-state index contributed by atoms with van der Waals surface area (Å²) in [4.78, 5) is 4.95. The van der Waals surface area contributed by atoms with Crippen LogP contribution in [0.5, 0.6) is 5.75 Å². The second kappa shape index (κ2) is 5.49. The molecular formula is C7H8Cl3NO. The summed E-state index contributed by atoms with van der Waals surface area (Å²) in [6.45, 7) is 0. The van der Waals surface area contributed by atoms with Crippen molar-refractivity contribution in [3.8, 4) is 5.75 Å². The zero-order valence-electron chi connectivity index (χ0n) is 6.30. The topological polar surface area (TPSA) is 21.3 Å². The van der Waals surface area contributed by atoms with Gasteiger partial charge in [-0.3, -0.25) is 0 Å². The first-order valence-corrected chi connectivity index (χ1v) is 3.78. The first-order chi connectivity index (χ1) is 5.24. The molecule has 2 nitrogen and oxygen atoms in total. The van der Waals surface area contributed by atoms with E-state index in [-0.39, 0.29) is 12.4 Å². The Morgan fingerprint density at radius 3 is 2.50 bits per heavy atom. The molecule has 1 aromatic rings. The third-order valence-electron chi connectivity index (χ3n) is 1.11. The fraction of sp³-hybridized carbons (Fsp3) is 0.143. The molecule has 0 aliphatic rings. The first kappa shape index (κ1) is 11.8. The lowest BCUT2D eigenvalue weighted by Gasteiger charge is -2.03. The number of nitrogens with one attached hydrogen (secondary N) is 1. The molecule has 0 fully saturated rings. The highest BCUT2D eigenvalue weighted by Gasteiger charge is 2.00. The Morgan fingerprint density at radius 1 is 1.33 bits per heavy atom. The van der Waals surface area contributed by atoms with Crippen molar-refractivity contribution in [2.45, 2.75) is 0 Å². The van der Waals surface area contributed by atoms with Gasteiger partial charge in [-0.15, -0.1) is 12.4 Å². The number of rotatable bonds is 2. The summed E-state index contributed by atoms with van der Waals surface area (Å²) in [7, 11) is 1.66. The Labute approximate surface area is 87.2 Å². The van der Waals surface area contributed by atoms with Crippen molar-refractivity contribution >= 4 is 35.6 Å². The minimum absolute atomic E-state index is 0. The van der Waals surface area contributed by atoms with Crippen LogP contribution in [-0.2, 0) is 0 Å². The van der Waals surface area contributed by atoms with E-state index in [9.17, 15) is 0 Å². The summed E-state index contributed by atoms with van der Waals surface area (Å²) < 4.78 is 0. The SMILES string of the molecule is CNOc1ccc(Cl)cc1Cl.Cl. The largest absolute Gasteiger partial charge is 0.407 e. The molecule has 0 aliphatic heterocycles. The maximum atomic E-state index is 5.76. The standard InChI is InChI=1S/C7H7Cl2NO.ClH/c1-10-11-7-3-2-5(8)4-6(7)9;/h2-4,10H,1H3;1H. The predicted octanol–water partition coefficient (Wildman–Crippen LogP) is 2.93. The van der Waals surface area contributed by atoms with Crippen molar-refractivity contribution in [2.24, 2.45) is 0 Å². The molecule has 68 valence electrons. The molecule has 0 radical (unpaired) electrons. The van der Waals surface area contributed by atoms with Crippen molar-refractivity contribution < 1.29 is 4.84 Å². The monoisotopic (exact) mass is 227 g/mol. The summed E-state index contributed by atoms with van der Waals surface area (Å²) in [5, 5.41) is 1.09. The second-order valence-electron chi connectivity index (χ2n) is 1.88. The summed E-state index contributed by atoms with van der Waals surface area (Å²) in [6.07, 6.45) is 0. The highest BCUT2D eigenvalue weighted by molar-refractivity contribution is 6.35. The Morgan fingerprint density at radius 2 is 2.00 bits per heavy atom. The predicted molar refractivity (Wildman–Crippen MR) is 53.4 cm³/mol. The van der Waals surface area contributed by atoms with Gasteiger partial charge in [0.2, 0.25) is 0 Å². The fourth-order valence-electron chi connectivity index (χ4n) is 0.668. The molecule has 0 unspecified atom stereocenters. The number of hydrogen-bond donors (Lipinski definition) is 1. The van der Waals surface area contributed by atoms with Crippen LogP contribution in [-0.4, -0.2) is 7.05 Å². The average molecular weight is 229 g/mol. The molecule has 1 aromatic carbocycles. The van der Waals surface area contributed by atoms with Crippen LogP contribution in [0.15, 0.2) is 18.2 Å². The molecule has 1 N–H and O–H groups in total. The van der Waals surface area contributed by atoms with Gasteiger partial charge in [0.25, 0.3) is 0 Å². The van der Waals surface area contributed by atoms with Gasteiger partial charge < -0.3 is 4.84 Å². The van der Waals surface area contributed by atoms with Gasteiger partial charge in [-0.2, -0.15) is 5.48 Å². The lowest BCUT2D eigenvalue weighted by Crippen LogP contribution is -2.10. The maximum Gasteiger partial charge on any atom is 0.165 e. The molecule has 0 amide bonds. The zero-order chi connectivity index (χ0) is 8.27. The van der Waals surface area contributed by atoms with Crippen molar-refractivity contribution in [1.82, 2.24) is 5.48 Å². The molecule has 0 aromatic heterocycles. The number of halogens is 3. The first-order valence-electron chi connectivity index (χ1n) is 3.02. The lowest BCUT2D eigenvalue weighted by atomic mass is 10.3. The van der Waals surface area contributed by atoms with Crippen molar-refractivity contribution in [1.29, 1.82) is 0 Å². The van der Waals surface area contributed by atoms with Crippen LogP contribution in [0.1, 0.15) is 0 Å². The normalized spacial score (nSPS) is 8.92. The molecule has 0 saturated carbocycles. The molecule has 0 bridgehead atoms. The van der Waals surface area contributed by atoms with E-state index in [0.29, 0.717) is 15.8 Å². The third-order valence-corrected chi connectivity index (χ3v) is 1.64. The molecule has 5 heteroatoms. The zero-order valence-corrected chi connectivity index (χ0v) is 8.63. The van der Waals surface area contributed by atoms with E-state index in [0.717, 1.165) is 0 Å². The van der Waals surface area contributed by atoms with E-state index in [4.69, 9.17) is 28.0 Å². The van der Waals surface area contributed by atoms with Crippen LogP contribution in [0, 0.1) is 0 Å². The Hall–Kier alpha value is -0.150. The maximum absolute atomic E-state index is 5.76. The van der Waals surface area contributed by atoms with Gasteiger partial charge in [0, 0.05) is 12.1 Å². The van der Waals surface area contributed by atoms with Crippen LogP contribution >= 0.6 is 35.6 Å². The molecule has 0 spiro atoms. The van der Waals surface area contributed by atoms with E-state index < -0.39 is 0 Å². The van der Waals surface area contributed by atoms with E-state index in [1.165, 1.54) is 0 Å². The Balaban J connectivity index is 0.00000121. The average Bonchev–Trinajstić information content (AvgIpc) is 1.95. The van der Waals surface area contributed by atoms with Crippen molar-refractivity contribution in [2.75, 3.05) is 7.05 Å². The summed E-state index contributed by atoms with van der Waals surface area (Å²) in [6, 6.07) is 5.02. The van der Waals surface area contributed by atoms with Crippen LogP contribution in [0.4, 0.5) is 0 Å². The highest BCUT2D eigenvalue weighted by atomic mass is 35.5. The summed E-state index contributed by atoms with van der Waals surface area (Å²) in [5.74, 6) is 0.568. The van der Waals surface area contributed by atoms with E-state index in [2.05, 4.69) is 5.48 Å². The van der Waals surface area contributed by atoms with Crippen LogP contribution < -0.4 is 10.3 Å². The van der Waals surface area contributed by atoms with E-state index in [1.807, 2.05) is 0 Å². The molecule has 0 aliphatic carbocycles. The molecule has 12 heavy (non-hydrogen) atoms. The quantitative estimate of drug-likeness (QED) is 0.786. The van der Waals surface area contributed by atoms with Gasteiger partial charge in [-0.25, -0.2) is 0 Å². The van der Waals surface area contributed by atoms with Crippen LogP contribution in [0.2, 0.25) is 10.0 Å². The van der Waals surface area contributed by atoms with Crippen molar-refractivity contribution in [3.05, 3.63) is 28.2 Å². The van der Waals surface area contributed by atoms with Gasteiger partial charge in [0.1, 0.15) is 0 Å². The third kappa shape index (κ3) is 3.07. The van der Waals surface area contributed by atoms with Crippen molar-refractivity contribution in [3.63, 3.8) is 0 Å². The number of hydrogen-bond acceptors (Lipinski definition) is 2. The molecule has 1 rings (SSSR count). The van der Waals surface area contributed by atoms with E-state index in [1.54, 1.807) is 25.2 Å². The van der Waals surface area contributed by atoms with Gasteiger partial charge in [-0.1, -0.05) is 23.2 Å². The minimum Gasteiger partial charge on any atom is -0.407 e. The van der Waals surface area contributed by atoms with Crippen LogP contribution in [0.3, 0.4) is 0 Å². The van der Waals surface area contributed by atoms with Gasteiger partial charge in [0.05, 0.1) is 5.02 Å². The molecule has 0 heterocycles. The van der Waals surface area contributed by atoms with Crippen LogP contribution in [0.25, 0.3) is 0 Å². The Kier molecular flexibility index (Phi) is 5.42. The lowest BCUT2D eigenvalue weighted by molar-refractivity contribution is 0.224. The second-order valence-corrected chi connectivity index (χ2v) is 2.72.